The van der Waals surface area contributed by atoms with E-state index >= 15 is 0 Å². The Kier molecular flexibility index (Phi) is 4.35. The van der Waals surface area contributed by atoms with Crippen LogP contribution in [0, 0.1) is 5.82 Å². The molecule has 0 atom stereocenters. The van der Waals surface area contributed by atoms with E-state index in [0.717, 1.165) is 4.90 Å². The molecular weight excluding hydrogens is 227 g/mol. The van der Waals surface area contributed by atoms with Crippen LogP contribution in [-0.2, 0) is 9.53 Å². The number of carbonyl (C=O) groups is 1. The van der Waals surface area contributed by atoms with Crippen molar-refractivity contribution in [3.63, 3.8) is 0 Å². The highest BCUT2D eigenvalue weighted by Gasteiger charge is 2.30. The monoisotopic (exact) mass is 242 g/mol. The second-order valence-electron chi connectivity index (χ2n) is 3.79. The fourth-order valence-electron chi connectivity index (χ4n) is 1.17. The average molecular weight is 242 g/mol. The number of ether oxygens (including phenoxy) is 1. The molecule has 0 N–H and O–H groups in total. The van der Waals surface area contributed by atoms with Gasteiger partial charge in [-0.15, -0.1) is 11.8 Å². The van der Waals surface area contributed by atoms with Crippen molar-refractivity contribution in [1.29, 1.82) is 0 Å². The Morgan fingerprint density at radius 1 is 1.50 bits per heavy atom. The molecule has 0 fully saturated rings. The molecule has 0 amide bonds. The largest absolute Gasteiger partial charge is 0.465 e. The van der Waals surface area contributed by atoms with Crippen LogP contribution in [0.1, 0.15) is 20.8 Å². The summed E-state index contributed by atoms with van der Waals surface area (Å²) >= 11 is 1.29. The zero-order chi connectivity index (χ0) is 12.2. The summed E-state index contributed by atoms with van der Waals surface area (Å²) in [5, 5.41) is 0. The quantitative estimate of drug-likeness (QED) is 0.599. The minimum Gasteiger partial charge on any atom is -0.465 e. The van der Waals surface area contributed by atoms with Crippen LogP contribution < -0.4 is 0 Å². The van der Waals surface area contributed by atoms with Crippen LogP contribution in [0.15, 0.2) is 29.2 Å². The van der Waals surface area contributed by atoms with Gasteiger partial charge in [-0.1, -0.05) is 6.07 Å². The summed E-state index contributed by atoms with van der Waals surface area (Å²) < 4.78 is 17.2. The molecular formula is C12H15FO2S. The molecule has 0 aliphatic heterocycles. The maximum atomic E-state index is 13.0. The van der Waals surface area contributed by atoms with E-state index in [9.17, 15) is 9.18 Å². The third-order valence-electron chi connectivity index (χ3n) is 1.94. The van der Waals surface area contributed by atoms with Crippen LogP contribution in [0.25, 0.3) is 0 Å². The van der Waals surface area contributed by atoms with Gasteiger partial charge in [0.2, 0.25) is 0 Å². The van der Waals surface area contributed by atoms with Crippen molar-refractivity contribution in [2.24, 2.45) is 0 Å². The number of rotatable bonds is 4. The van der Waals surface area contributed by atoms with Gasteiger partial charge in [-0.25, -0.2) is 4.39 Å². The fraction of sp³-hybridized carbons (Fsp3) is 0.417. The number of thioether (sulfide) groups is 1. The van der Waals surface area contributed by atoms with Gasteiger partial charge in [0, 0.05) is 4.90 Å². The van der Waals surface area contributed by atoms with Crippen molar-refractivity contribution >= 4 is 17.7 Å². The molecule has 2 nitrogen and oxygen atoms in total. The molecule has 0 saturated heterocycles. The third kappa shape index (κ3) is 3.52. The number of halogens is 1. The summed E-state index contributed by atoms with van der Waals surface area (Å²) in [6.07, 6.45) is 0. The molecule has 4 heteroatoms. The zero-order valence-corrected chi connectivity index (χ0v) is 10.4. The van der Waals surface area contributed by atoms with E-state index in [1.807, 2.05) is 0 Å². The predicted molar refractivity (Wildman–Crippen MR) is 63.0 cm³/mol. The summed E-state index contributed by atoms with van der Waals surface area (Å²) in [7, 11) is 0. The lowest BCUT2D eigenvalue weighted by molar-refractivity contribution is -0.145. The maximum Gasteiger partial charge on any atom is 0.321 e. The lowest BCUT2D eigenvalue weighted by Crippen LogP contribution is -2.29. The molecule has 0 unspecified atom stereocenters. The Bertz CT molecular complexity index is 377. The first-order valence-electron chi connectivity index (χ1n) is 5.07. The Labute approximate surface area is 99.2 Å². The van der Waals surface area contributed by atoms with E-state index in [1.165, 1.54) is 23.9 Å². The van der Waals surface area contributed by atoms with E-state index in [-0.39, 0.29) is 11.8 Å². The molecule has 16 heavy (non-hydrogen) atoms. The highest BCUT2D eigenvalue weighted by Crippen LogP contribution is 2.33. The Balaban J connectivity index is 2.75. The number of hydrogen-bond donors (Lipinski definition) is 0. The molecule has 1 aromatic carbocycles. The van der Waals surface area contributed by atoms with Gasteiger partial charge < -0.3 is 4.74 Å². The molecule has 0 aliphatic carbocycles. The van der Waals surface area contributed by atoms with Crippen molar-refractivity contribution in [2.45, 2.75) is 30.4 Å². The molecule has 1 aromatic rings. The van der Waals surface area contributed by atoms with Crippen LogP contribution >= 0.6 is 11.8 Å². The van der Waals surface area contributed by atoms with E-state index < -0.39 is 4.75 Å². The van der Waals surface area contributed by atoms with Crippen molar-refractivity contribution in [2.75, 3.05) is 6.61 Å². The van der Waals surface area contributed by atoms with Gasteiger partial charge in [0.1, 0.15) is 10.6 Å². The topological polar surface area (TPSA) is 26.3 Å². The molecule has 0 aliphatic rings. The van der Waals surface area contributed by atoms with E-state index in [0.29, 0.717) is 6.61 Å². The lowest BCUT2D eigenvalue weighted by Gasteiger charge is -2.21. The Morgan fingerprint density at radius 3 is 2.75 bits per heavy atom. The molecule has 0 aromatic heterocycles. The van der Waals surface area contributed by atoms with Gasteiger partial charge >= 0.3 is 5.97 Å². The van der Waals surface area contributed by atoms with Crippen molar-refractivity contribution < 1.29 is 13.9 Å². The van der Waals surface area contributed by atoms with Gasteiger partial charge in [-0.05, 0) is 39.0 Å². The smallest absolute Gasteiger partial charge is 0.321 e. The second kappa shape index (κ2) is 5.34. The van der Waals surface area contributed by atoms with E-state index in [1.54, 1.807) is 32.9 Å². The van der Waals surface area contributed by atoms with Crippen LogP contribution in [-0.4, -0.2) is 17.3 Å². The van der Waals surface area contributed by atoms with Gasteiger partial charge in [-0.2, -0.15) is 0 Å². The highest BCUT2D eigenvalue weighted by atomic mass is 32.2. The van der Waals surface area contributed by atoms with Crippen LogP contribution in [0.5, 0.6) is 0 Å². The maximum absolute atomic E-state index is 13.0. The summed E-state index contributed by atoms with van der Waals surface area (Å²) in [5.74, 6) is -0.589. The highest BCUT2D eigenvalue weighted by molar-refractivity contribution is 8.01. The summed E-state index contributed by atoms with van der Waals surface area (Å²) in [4.78, 5) is 12.3. The minimum absolute atomic E-state index is 0.288. The number of carbonyl (C=O) groups excluding carboxylic acids is 1. The zero-order valence-electron chi connectivity index (χ0n) is 9.62. The van der Waals surface area contributed by atoms with Gasteiger partial charge in [-0.3, -0.25) is 4.79 Å². The second-order valence-corrected chi connectivity index (χ2v) is 5.49. The molecule has 1 rings (SSSR count). The summed E-state index contributed by atoms with van der Waals surface area (Å²) in [6, 6.07) is 6.18. The first kappa shape index (κ1) is 13.0. The van der Waals surface area contributed by atoms with E-state index in [4.69, 9.17) is 4.74 Å². The first-order valence-corrected chi connectivity index (χ1v) is 5.89. The summed E-state index contributed by atoms with van der Waals surface area (Å²) in [5.41, 5.74) is 0. The third-order valence-corrected chi connectivity index (χ3v) is 3.10. The van der Waals surface area contributed by atoms with Crippen molar-refractivity contribution in [1.82, 2.24) is 0 Å². The first-order chi connectivity index (χ1) is 7.45. The fourth-order valence-corrected chi connectivity index (χ4v) is 2.22. The predicted octanol–water partition coefficient (Wildman–Crippen LogP) is 3.26. The van der Waals surface area contributed by atoms with Crippen LogP contribution in [0.4, 0.5) is 4.39 Å². The van der Waals surface area contributed by atoms with Crippen molar-refractivity contribution in [3.05, 3.63) is 30.1 Å². The number of benzene rings is 1. The normalized spacial score (nSPS) is 11.2. The van der Waals surface area contributed by atoms with Crippen molar-refractivity contribution in [3.8, 4) is 0 Å². The lowest BCUT2D eigenvalue weighted by atomic mass is 10.2. The number of hydrogen-bond acceptors (Lipinski definition) is 3. The Morgan fingerprint density at radius 2 is 2.19 bits per heavy atom. The van der Waals surface area contributed by atoms with Gasteiger partial charge in [0.25, 0.3) is 0 Å². The standard InChI is InChI=1S/C12H15FO2S/c1-4-15-11(14)12(2,3)16-10-7-5-6-9(13)8-10/h5-8H,4H2,1-3H3. The molecule has 88 valence electrons. The summed E-state index contributed by atoms with van der Waals surface area (Å²) in [6.45, 7) is 5.65. The molecule has 0 spiro atoms. The molecule has 0 heterocycles. The molecule has 0 saturated carbocycles. The average Bonchev–Trinajstić information content (AvgIpc) is 2.17. The van der Waals surface area contributed by atoms with Gasteiger partial charge in [0.15, 0.2) is 0 Å². The minimum atomic E-state index is -0.705. The molecule has 0 radical (unpaired) electrons. The van der Waals surface area contributed by atoms with Gasteiger partial charge in [0.05, 0.1) is 6.61 Å². The van der Waals surface area contributed by atoms with Crippen LogP contribution in [0.2, 0.25) is 0 Å². The van der Waals surface area contributed by atoms with Crippen LogP contribution in [0.3, 0.4) is 0 Å². The molecule has 0 bridgehead atoms. The SMILES string of the molecule is CCOC(=O)C(C)(C)Sc1cccc(F)c1. The Hall–Kier alpha value is -1.03. The number of esters is 1. The van der Waals surface area contributed by atoms with E-state index in [2.05, 4.69) is 0 Å².